The van der Waals surface area contributed by atoms with Crippen LogP contribution >= 0.6 is 0 Å². The second-order valence-electron chi connectivity index (χ2n) is 10.7. The maximum absolute atomic E-state index is 15.3. The average molecular weight is 588 g/mol. The lowest BCUT2D eigenvalue weighted by Gasteiger charge is -2.28. The van der Waals surface area contributed by atoms with Crippen LogP contribution in [0.3, 0.4) is 0 Å². The number of aliphatic carboxylic acids is 2. The van der Waals surface area contributed by atoms with E-state index in [-0.39, 0.29) is 47.5 Å². The fourth-order valence-corrected chi connectivity index (χ4v) is 4.55. The van der Waals surface area contributed by atoms with Crippen LogP contribution in [0.25, 0.3) is 0 Å². The fraction of sp³-hybridized carbons (Fsp3) is 0.462. The van der Waals surface area contributed by atoms with Crippen LogP contribution in [0.5, 0.6) is 0 Å². The number of ether oxygens (including phenoxy) is 3. The number of hydrogen-bond donors (Lipinski definition) is 5. The molecule has 0 spiro atoms. The summed E-state index contributed by atoms with van der Waals surface area (Å²) in [4.78, 5) is 46.2. The van der Waals surface area contributed by atoms with Gasteiger partial charge in [-0.1, -0.05) is 12.1 Å². The Morgan fingerprint density at radius 1 is 1.29 bits per heavy atom. The molecule has 0 saturated carbocycles. The normalized spacial score (nSPS) is 19.9. The molecule has 2 aromatic rings. The molecule has 1 saturated heterocycles. The number of nitrogens with one attached hydrogen (secondary N) is 2. The summed E-state index contributed by atoms with van der Waals surface area (Å²) in [5, 5.41) is 34.3. The quantitative estimate of drug-likeness (QED) is 0.265. The number of hydrogen-bond acceptors (Lipinski definition) is 12. The third kappa shape index (κ3) is 6.42. The number of benzene rings is 1. The molecular weight excluding hydrogens is 557 g/mol. The van der Waals surface area contributed by atoms with Crippen molar-refractivity contribution in [3.8, 4) is 6.07 Å². The van der Waals surface area contributed by atoms with Gasteiger partial charge in [-0.15, -0.1) is 0 Å². The Balaban J connectivity index is 1.49. The lowest BCUT2D eigenvalue weighted by molar-refractivity contribution is -0.187. The molecule has 6 N–H and O–H groups in total. The van der Waals surface area contributed by atoms with E-state index in [1.54, 1.807) is 20.8 Å². The molecule has 3 heterocycles. The van der Waals surface area contributed by atoms with Gasteiger partial charge >= 0.3 is 18.0 Å². The Morgan fingerprint density at radius 3 is 2.64 bits per heavy atom. The van der Waals surface area contributed by atoms with Gasteiger partial charge in [-0.05, 0) is 38.5 Å². The highest BCUT2D eigenvalue weighted by Crippen LogP contribution is 2.40. The zero-order valence-corrected chi connectivity index (χ0v) is 23.0. The van der Waals surface area contributed by atoms with E-state index < -0.39 is 60.8 Å². The number of nitrogens with zero attached hydrogens (tertiary/aromatic N) is 4. The van der Waals surface area contributed by atoms with Gasteiger partial charge in [0.2, 0.25) is 5.95 Å². The highest BCUT2D eigenvalue weighted by molar-refractivity contribution is 6.02. The Kier molecular flexibility index (Phi) is 8.36. The number of nitrogen functional groups attached to an aromatic ring is 1. The van der Waals surface area contributed by atoms with E-state index in [9.17, 15) is 24.6 Å². The molecule has 1 aromatic heterocycles. The van der Waals surface area contributed by atoms with Crippen LogP contribution in [0.4, 0.5) is 32.5 Å². The molecule has 2 aliphatic heterocycles. The van der Waals surface area contributed by atoms with Gasteiger partial charge in [0.15, 0.2) is 17.9 Å². The number of carboxylic acids is 2. The number of nitriles is 1. The van der Waals surface area contributed by atoms with Crippen LogP contribution in [-0.4, -0.2) is 81.2 Å². The molecule has 224 valence electrons. The van der Waals surface area contributed by atoms with Crippen molar-refractivity contribution in [1.82, 2.24) is 9.97 Å². The molecule has 3 unspecified atom stereocenters. The topological polar surface area (TPSA) is 222 Å². The maximum Gasteiger partial charge on any atom is 0.413 e. The molecule has 0 aliphatic carbocycles. The van der Waals surface area contributed by atoms with Gasteiger partial charge in [-0.25, -0.2) is 18.8 Å². The third-order valence-electron chi connectivity index (χ3n) is 6.38. The number of rotatable bonds is 9. The SMILES string of the molecule is CC(C)(C)OC(=O)Nc1nc(N)nc2c1NCN2C1OC(COC(Cc2cccc(C#N)c2)(C(=O)O)C(=O)O)CC1F. The Morgan fingerprint density at radius 2 is 2.00 bits per heavy atom. The van der Waals surface area contributed by atoms with E-state index in [0.29, 0.717) is 0 Å². The van der Waals surface area contributed by atoms with Crippen LogP contribution in [0, 0.1) is 11.3 Å². The first kappa shape index (κ1) is 30.2. The third-order valence-corrected chi connectivity index (χ3v) is 6.38. The predicted octanol–water partition coefficient (Wildman–Crippen LogP) is 2.09. The molecule has 0 bridgehead atoms. The van der Waals surface area contributed by atoms with Crippen molar-refractivity contribution in [3.63, 3.8) is 0 Å². The summed E-state index contributed by atoms with van der Waals surface area (Å²) < 4.78 is 31.8. The first-order valence-corrected chi connectivity index (χ1v) is 12.8. The highest BCUT2D eigenvalue weighted by atomic mass is 19.1. The van der Waals surface area contributed by atoms with Crippen LogP contribution in [0.2, 0.25) is 0 Å². The van der Waals surface area contributed by atoms with Gasteiger partial charge in [-0.3, -0.25) is 5.32 Å². The Hall–Kier alpha value is -4.75. The Labute approximate surface area is 239 Å². The number of carboxylic acid groups (broad SMARTS) is 2. The van der Waals surface area contributed by atoms with Gasteiger partial charge in [0.1, 0.15) is 17.5 Å². The largest absolute Gasteiger partial charge is 0.479 e. The number of nitrogens with two attached hydrogens (primary N) is 1. The first-order chi connectivity index (χ1) is 19.7. The maximum atomic E-state index is 15.3. The second kappa shape index (κ2) is 11.6. The minimum Gasteiger partial charge on any atom is -0.479 e. The summed E-state index contributed by atoms with van der Waals surface area (Å²) >= 11 is 0. The molecule has 1 aromatic carbocycles. The molecular formula is C26H30FN7O8. The van der Waals surface area contributed by atoms with Crippen LogP contribution in [0.15, 0.2) is 24.3 Å². The summed E-state index contributed by atoms with van der Waals surface area (Å²) in [6.07, 6.45) is -5.47. The zero-order valence-electron chi connectivity index (χ0n) is 23.0. The van der Waals surface area contributed by atoms with E-state index in [1.165, 1.54) is 29.2 Å². The van der Waals surface area contributed by atoms with Crippen molar-refractivity contribution in [2.75, 3.05) is 34.5 Å². The van der Waals surface area contributed by atoms with E-state index in [2.05, 4.69) is 20.6 Å². The highest BCUT2D eigenvalue weighted by Gasteiger charge is 2.50. The van der Waals surface area contributed by atoms with Crippen molar-refractivity contribution in [2.45, 2.75) is 63.3 Å². The van der Waals surface area contributed by atoms with Crippen molar-refractivity contribution in [3.05, 3.63) is 35.4 Å². The van der Waals surface area contributed by atoms with Crippen LogP contribution in [0.1, 0.15) is 38.3 Å². The molecule has 42 heavy (non-hydrogen) atoms. The summed E-state index contributed by atoms with van der Waals surface area (Å²) in [6.45, 7) is 4.51. The van der Waals surface area contributed by atoms with Crippen LogP contribution in [-0.2, 0) is 30.2 Å². The molecule has 16 heteroatoms. The molecule has 0 radical (unpaired) electrons. The van der Waals surface area contributed by atoms with E-state index >= 15 is 4.39 Å². The summed E-state index contributed by atoms with van der Waals surface area (Å²) in [5.41, 5.74) is 3.06. The zero-order chi connectivity index (χ0) is 30.8. The summed E-state index contributed by atoms with van der Waals surface area (Å²) in [5.74, 6) is -3.59. The Bertz CT molecular complexity index is 1410. The van der Waals surface area contributed by atoms with E-state index in [0.717, 1.165) is 0 Å². The summed E-state index contributed by atoms with van der Waals surface area (Å²) in [6, 6.07) is 7.72. The lowest BCUT2D eigenvalue weighted by Crippen LogP contribution is -2.52. The van der Waals surface area contributed by atoms with Crippen molar-refractivity contribution in [2.24, 2.45) is 0 Å². The number of anilines is 4. The minimum absolute atomic E-state index is 0.00144. The number of alkyl halides is 1. The number of amides is 1. The molecule has 2 aliphatic rings. The molecule has 15 nitrogen and oxygen atoms in total. The van der Waals surface area contributed by atoms with Crippen molar-refractivity contribution < 1.29 is 43.2 Å². The number of aromatic nitrogens is 2. The first-order valence-electron chi connectivity index (χ1n) is 12.8. The van der Waals surface area contributed by atoms with Crippen molar-refractivity contribution in [1.29, 1.82) is 5.26 Å². The van der Waals surface area contributed by atoms with Gasteiger partial charge in [0, 0.05) is 12.8 Å². The van der Waals surface area contributed by atoms with Crippen molar-refractivity contribution >= 4 is 41.3 Å². The minimum atomic E-state index is -2.72. The van der Waals surface area contributed by atoms with Gasteiger partial charge in [0.05, 0.1) is 31.0 Å². The molecule has 1 amide bonds. The van der Waals surface area contributed by atoms with Gasteiger partial charge < -0.3 is 40.4 Å². The second-order valence-corrected chi connectivity index (χ2v) is 10.7. The van der Waals surface area contributed by atoms with Gasteiger partial charge in [-0.2, -0.15) is 15.2 Å². The number of halogens is 1. The van der Waals surface area contributed by atoms with Crippen LogP contribution < -0.4 is 21.3 Å². The number of fused-ring (bicyclic) bond motifs is 1. The molecule has 4 rings (SSSR count). The molecule has 1 fully saturated rings. The lowest BCUT2D eigenvalue weighted by atomic mass is 9.93. The number of carbonyl (C=O) groups excluding carboxylic acids is 1. The smallest absolute Gasteiger partial charge is 0.413 e. The van der Waals surface area contributed by atoms with Gasteiger partial charge in [0.25, 0.3) is 5.60 Å². The van der Waals surface area contributed by atoms with E-state index in [1.807, 2.05) is 6.07 Å². The average Bonchev–Trinajstić information content (AvgIpc) is 3.47. The fourth-order valence-electron chi connectivity index (χ4n) is 4.55. The molecule has 3 atom stereocenters. The standard InChI is InChI=1S/C26H30FN7O8/c1-25(2,3)42-24(39)32-18-17-19(33-23(29)31-18)34(12-30-17)20-16(27)8-15(41-20)11-40-26(21(35)36,22(37)38)9-13-5-4-6-14(7-13)10-28/h4-7,15-16,20,30H,8-9,11-12H2,1-3H3,(H,35,36)(H,37,38)(H3,29,31,32,33,39). The predicted molar refractivity (Wildman–Crippen MR) is 144 cm³/mol. The number of carbonyl (C=O) groups is 3. The van der Waals surface area contributed by atoms with E-state index in [4.69, 9.17) is 25.2 Å². The summed E-state index contributed by atoms with van der Waals surface area (Å²) in [7, 11) is 0. The monoisotopic (exact) mass is 587 g/mol.